The van der Waals surface area contributed by atoms with Crippen LogP contribution in [0.3, 0.4) is 0 Å². The fourth-order valence-corrected chi connectivity index (χ4v) is 6.43. The third kappa shape index (κ3) is 4.62. The van der Waals surface area contributed by atoms with Crippen LogP contribution in [-0.2, 0) is 27.6 Å². The number of piperazine rings is 1. The predicted octanol–water partition coefficient (Wildman–Crippen LogP) is 2.27. The molecule has 9 heteroatoms. The Bertz CT molecular complexity index is 1080. The Balaban J connectivity index is 1.18. The third-order valence-corrected chi connectivity index (χ3v) is 9.29. The zero-order valence-electron chi connectivity index (χ0n) is 18.5. The molecule has 3 aliphatic rings. The van der Waals surface area contributed by atoms with Gasteiger partial charge in [0, 0.05) is 62.0 Å². The van der Waals surface area contributed by atoms with Gasteiger partial charge in [0.2, 0.25) is 5.91 Å². The van der Waals surface area contributed by atoms with Crippen LogP contribution in [0.25, 0.3) is 10.6 Å². The van der Waals surface area contributed by atoms with Crippen molar-refractivity contribution in [2.24, 2.45) is 0 Å². The van der Waals surface area contributed by atoms with Crippen LogP contribution in [0.4, 0.5) is 0 Å². The molecule has 3 heterocycles. The highest BCUT2D eigenvalue weighted by atomic mass is 32.2. The van der Waals surface area contributed by atoms with Gasteiger partial charge in [-0.25, -0.2) is 13.4 Å². The average Bonchev–Trinajstić information content (AvgIpc) is 3.16. The summed E-state index contributed by atoms with van der Waals surface area (Å²) in [4.78, 5) is 26.1. The quantitative estimate of drug-likeness (QED) is 0.662. The maximum Gasteiger partial charge on any atom is 0.236 e. The van der Waals surface area contributed by atoms with Gasteiger partial charge in [-0.15, -0.1) is 11.3 Å². The van der Waals surface area contributed by atoms with E-state index in [1.807, 2.05) is 17.0 Å². The van der Waals surface area contributed by atoms with Crippen LogP contribution in [-0.4, -0.2) is 85.6 Å². The van der Waals surface area contributed by atoms with E-state index in [1.54, 1.807) is 23.5 Å². The van der Waals surface area contributed by atoms with Gasteiger partial charge in [0.25, 0.3) is 0 Å². The van der Waals surface area contributed by atoms with E-state index in [0.29, 0.717) is 18.0 Å². The summed E-state index contributed by atoms with van der Waals surface area (Å²) in [5.41, 5.74) is 1.98. The lowest BCUT2D eigenvalue weighted by atomic mass is 9.91. The molecule has 32 heavy (non-hydrogen) atoms. The molecule has 172 valence electrons. The minimum absolute atomic E-state index is 0.230. The van der Waals surface area contributed by atoms with Gasteiger partial charge in [-0.3, -0.25) is 14.6 Å². The summed E-state index contributed by atoms with van der Waals surface area (Å²) in [7, 11) is -3.20. The fourth-order valence-electron chi connectivity index (χ4n) is 4.74. The molecule has 0 radical (unpaired) electrons. The summed E-state index contributed by atoms with van der Waals surface area (Å²) in [5.74, 6) is 0.230. The number of hydrogen-bond donors (Lipinski definition) is 0. The highest BCUT2D eigenvalue weighted by Gasteiger charge is 2.30. The van der Waals surface area contributed by atoms with Gasteiger partial charge in [0.15, 0.2) is 9.84 Å². The number of nitrogens with zero attached hydrogens (tertiary/aromatic N) is 4. The molecule has 1 aromatic heterocycles. The Morgan fingerprint density at radius 1 is 1.09 bits per heavy atom. The van der Waals surface area contributed by atoms with Crippen molar-refractivity contribution in [3.8, 4) is 10.6 Å². The Labute approximate surface area is 194 Å². The Hall–Kier alpha value is -1.81. The second kappa shape index (κ2) is 8.85. The van der Waals surface area contributed by atoms with E-state index in [1.165, 1.54) is 30.4 Å². The number of carbonyl (C=O) groups excluding carboxylic acids is 1. The first-order valence-electron chi connectivity index (χ1n) is 11.4. The molecule has 0 atom stereocenters. The molecule has 1 saturated carbocycles. The van der Waals surface area contributed by atoms with Crippen LogP contribution in [0.2, 0.25) is 0 Å². The molecular weight excluding hydrogens is 444 g/mol. The number of thiazole rings is 1. The molecule has 1 amide bonds. The molecular formula is C23H30N4O3S2. The minimum atomic E-state index is -3.20. The summed E-state index contributed by atoms with van der Waals surface area (Å²) in [6.45, 7) is 5.73. The largest absolute Gasteiger partial charge is 0.339 e. The predicted molar refractivity (Wildman–Crippen MR) is 125 cm³/mol. The van der Waals surface area contributed by atoms with Crippen molar-refractivity contribution in [2.45, 2.75) is 43.2 Å². The molecule has 5 rings (SSSR count). The summed E-state index contributed by atoms with van der Waals surface area (Å²) < 4.78 is 23.4. The highest BCUT2D eigenvalue weighted by molar-refractivity contribution is 7.90. The van der Waals surface area contributed by atoms with Gasteiger partial charge in [-0.05, 0) is 31.4 Å². The van der Waals surface area contributed by atoms with Crippen LogP contribution < -0.4 is 0 Å². The molecule has 2 aliphatic heterocycles. The number of rotatable bonds is 5. The number of fused-ring (bicyclic) bond motifs is 1. The first kappa shape index (κ1) is 22.0. The van der Waals surface area contributed by atoms with Gasteiger partial charge in [-0.2, -0.15) is 0 Å². The van der Waals surface area contributed by atoms with E-state index in [9.17, 15) is 13.2 Å². The molecule has 2 fully saturated rings. The SMILES string of the molecule is CS(=O)(=O)c1ccc(-c2nc3c(s2)CCN(CC(=O)N2CCN(C4CCC4)CC2)C3)cc1. The van der Waals surface area contributed by atoms with Gasteiger partial charge in [-0.1, -0.05) is 18.6 Å². The summed E-state index contributed by atoms with van der Waals surface area (Å²) in [6.07, 6.45) is 6.11. The van der Waals surface area contributed by atoms with E-state index in [-0.39, 0.29) is 5.91 Å². The van der Waals surface area contributed by atoms with Gasteiger partial charge < -0.3 is 4.90 Å². The van der Waals surface area contributed by atoms with Crippen molar-refractivity contribution >= 4 is 27.1 Å². The number of sulfone groups is 1. The lowest BCUT2D eigenvalue weighted by Gasteiger charge is -2.43. The highest BCUT2D eigenvalue weighted by Crippen LogP contribution is 2.32. The van der Waals surface area contributed by atoms with Crippen LogP contribution in [0, 0.1) is 0 Å². The van der Waals surface area contributed by atoms with Gasteiger partial charge in [0.1, 0.15) is 5.01 Å². The molecule has 0 unspecified atom stereocenters. The van der Waals surface area contributed by atoms with Crippen LogP contribution in [0.5, 0.6) is 0 Å². The molecule has 1 aromatic carbocycles. The van der Waals surface area contributed by atoms with E-state index >= 15 is 0 Å². The maximum atomic E-state index is 12.9. The van der Waals surface area contributed by atoms with Crippen LogP contribution in [0.1, 0.15) is 29.8 Å². The first-order valence-corrected chi connectivity index (χ1v) is 14.1. The van der Waals surface area contributed by atoms with Crippen molar-refractivity contribution in [1.29, 1.82) is 0 Å². The molecule has 0 N–H and O–H groups in total. The van der Waals surface area contributed by atoms with Gasteiger partial charge >= 0.3 is 0 Å². The normalized spacial score (nSPS) is 20.7. The molecule has 1 saturated heterocycles. The number of benzene rings is 1. The monoisotopic (exact) mass is 474 g/mol. The number of aromatic nitrogens is 1. The molecule has 7 nitrogen and oxygen atoms in total. The molecule has 1 aliphatic carbocycles. The Morgan fingerprint density at radius 2 is 1.81 bits per heavy atom. The van der Waals surface area contributed by atoms with E-state index < -0.39 is 9.84 Å². The molecule has 0 spiro atoms. The van der Waals surface area contributed by atoms with Crippen LogP contribution >= 0.6 is 11.3 Å². The zero-order valence-corrected chi connectivity index (χ0v) is 20.1. The topological polar surface area (TPSA) is 73.8 Å². The van der Waals surface area contributed by atoms with E-state index in [4.69, 9.17) is 4.98 Å². The Morgan fingerprint density at radius 3 is 2.44 bits per heavy atom. The summed E-state index contributed by atoms with van der Waals surface area (Å²) in [6, 6.07) is 7.69. The lowest BCUT2D eigenvalue weighted by molar-refractivity contribution is -0.135. The van der Waals surface area contributed by atoms with Crippen molar-refractivity contribution in [3.05, 3.63) is 34.8 Å². The minimum Gasteiger partial charge on any atom is -0.339 e. The Kier molecular flexibility index (Phi) is 6.09. The summed E-state index contributed by atoms with van der Waals surface area (Å²) in [5, 5.41) is 0.912. The summed E-state index contributed by atoms with van der Waals surface area (Å²) >= 11 is 1.67. The van der Waals surface area contributed by atoms with Crippen molar-refractivity contribution in [3.63, 3.8) is 0 Å². The van der Waals surface area contributed by atoms with E-state index in [0.717, 1.165) is 61.5 Å². The standard InChI is InChI=1S/C23H30N4O3S2/c1-32(29,30)19-7-5-17(6-8-19)23-24-20-15-25(10-9-21(20)31-23)16-22(28)27-13-11-26(12-14-27)18-3-2-4-18/h5-8,18H,2-4,9-16H2,1H3. The number of hydrogen-bond acceptors (Lipinski definition) is 7. The maximum absolute atomic E-state index is 12.9. The first-order chi connectivity index (χ1) is 15.4. The second-order valence-corrected chi connectivity index (χ2v) is 12.2. The van der Waals surface area contributed by atoms with Gasteiger partial charge in [0.05, 0.1) is 17.1 Å². The smallest absolute Gasteiger partial charge is 0.236 e. The molecule has 2 aromatic rings. The van der Waals surface area contributed by atoms with Crippen LogP contribution in [0.15, 0.2) is 29.2 Å². The lowest BCUT2D eigenvalue weighted by Crippen LogP contribution is -2.55. The molecule has 0 bridgehead atoms. The number of carbonyl (C=O) groups is 1. The number of amides is 1. The second-order valence-electron chi connectivity index (χ2n) is 9.15. The average molecular weight is 475 g/mol. The third-order valence-electron chi connectivity index (χ3n) is 6.95. The van der Waals surface area contributed by atoms with Crippen molar-refractivity contribution in [2.75, 3.05) is 45.5 Å². The van der Waals surface area contributed by atoms with E-state index in [2.05, 4.69) is 9.80 Å². The zero-order chi connectivity index (χ0) is 22.3. The van der Waals surface area contributed by atoms with Crippen molar-refractivity contribution < 1.29 is 13.2 Å². The fraction of sp³-hybridized carbons (Fsp3) is 0.565. The van der Waals surface area contributed by atoms with Crippen molar-refractivity contribution in [1.82, 2.24) is 19.7 Å².